The topological polar surface area (TPSA) is 32.8 Å². The fourth-order valence-corrected chi connectivity index (χ4v) is 6.57. The van der Waals surface area contributed by atoms with Gasteiger partial charge >= 0.3 is 5.97 Å². The molecule has 0 radical (unpaired) electrons. The molecule has 5 atom stereocenters. The number of carbonyl (C=O) groups excluding carboxylic acids is 1. The highest BCUT2D eigenvalue weighted by atomic mass is 16.6. The Morgan fingerprint density at radius 3 is 2.69 bits per heavy atom. The van der Waals surface area contributed by atoms with Gasteiger partial charge in [0.2, 0.25) is 0 Å². The lowest BCUT2D eigenvalue weighted by molar-refractivity contribution is -0.146. The molecule has 156 valence electrons. The minimum atomic E-state index is 0.0440. The van der Waals surface area contributed by atoms with Gasteiger partial charge in [-0.05, 0) is 55.6 Å². The van der Waals surface area contributed by atoms with E-state index in [2.05, 4.69) is 53.6 Å². The molecule has 4 heteroatoms. The zero-order chi connectivity index (χ0) is 20.0. The van der Waals surface area contributed by atoms with Crippen LogP contribution < -0.4 is 4.90 Å². The summed E-state index contributed by atoms with van der Waals surface area (Å²) >= 11 is 0. The van der Waals surface area contributed by atoms with Crippen molar-refractivity contribution in [2.75, 3.05) is 37.6 Å². The van der Waals surface area contributed by atoms with E-state index in [1.165, 1.54) is 30.5 Å². The first kappa shape index (κ1) is 19.2. The number of fused-ring (bicyclic) bond motifs is 2. The summed E-state index contributed by atoms with van der Waals surface area (Å²) < 4.78 is 5.95. The average molecular weight is 395 g/mol. The molecule has 5 rings (SSSR count). The first-order valence-corrected chi connectivity index (χ1v) is 11.4. The zero-order valence-corrected chi connectivity index (χ0v) is 17.7. The first-order chi connectivity index (χ1) is 14.0. The summed E-state index contributed by atoms with van der Waals surface area (Å²) in [6.07, 6.45) is 5.92. The number of para-hydroxylation sites is 1. The van der Waals surface area contributed by atoms with Gasteiger partial charge in [-0.15, -0.1) is 0 Å². The quantitative estimate of drug-likeness (QED) is 0.570. The molecule has 2 aliphatic heterocycles. The fraction of sp³-hybridized carbons (Fsp3) is 0.640. The maximum atomic E-state index is 12.8. The molecule has 4 aliphatic rings. The van der Waals surface area contributed by atoms with E-state index in [1.807, 2.05) is 0 Å². The van der Waals surface area contributed by atoms with Gasteiger partial charge in [0, 0.05) is 44.3 Å². The van der Waals surface area contributed by atoms with Crippen molar-refractivity contribution in [1.82, 2.24) is 4.90 Å². The predicted octanol–water partition coefficient (Wildman–Crippen LogP) is 4.12. The highest BCUT2D eigenvalue weighted by Gasteiger charge is 2.55. The number of carbonyl (C=O) groups is 1. The van der Waals surface area contributed by atoms with Crippen molar-refractivity contribution in [3.8, 4) is 0 Å². The second-order valence-electron chi connectivity index (χ2n) is 10.0. The summed E-state index contributed by atoms with van der Waals surface area (Å²) in [5, 5.41) is 0. The maximum absolute atomic E-state index is 12.8. The Hall–Kier alpha value is -1.81. The van der Waals surface area contributed by atoms with Gasteiger partial charge in [-0.1, -0.05) is 37.3 Å². The number of anilines is 1. The van der Waals surface area contributed by atoms with E-state index < -0.39 is 0 Å². The van der Waals surface area contributed by atoms with Crippen molar-refractivity contribution in [2.45, 2.75) is 45.1 Å². The smallest absolute Gasteiger partial charge is 0.310 e. The molecule has 0 N–H and O–H groups in total. The molecular formula is C25H34N2O2. The summed E-state index contributed by atoms with van der Waals surface area (Å²) in [6, 6.07) is 10.6. The van der Waals surface area contributed by atoms with Crippen molar-refractivity contribution in [1.29, 1.82) is 0 Å². The Kier molecular flexibility index (Phi) is 4.93. The molecular weight excluding hydrogens is 360 g/mol. The van der Waals surface area contributed by atoms with Gasteiger partial charge < -0.3 is 9.64 Å². The number of ether oxygens (including phenoxy) is 1. The van der Waals surface area contributed by atoms with Crippen LogP contribution in [0.5, 0.6) is 0 Å². The second kappa shape index (κ2) is 7.46. The van der Waals surface area contributed by atoms with E-state index >= 15 is 0 Å². The summed E-state index contributed by atoms with van der Waals surface area (Å²) in [6.45, 7) is 11.8. The summed E-state index contributed by atoms with van der Waals surface area (Å²) in [4.78, 5) is 17.7. The highest BCUT2D eigenvalue weighted by Crippen LogP contribution is 2.56. The average Bonchev–Trinajstić information content (AvgIpc) is 3.01. The van der Waals surface area contributed by atoms with Crippen LogP contribution in [-0.4, -0.2) is 49.7 Å². The number of hydrogen-bond donors (Lipinski definition) is 0. The minimum Gasteiger partial charge on any atom is -0.462 e. The normalized spacial score (nSPS) is 37.8. The molecule has 4 nitrogen and oxygen atoms in total. The second-order valence-corrected chi connectivity index (χ2v) is 10.0. The minimum absolute atomic E-state index is 0.0440. The van der Waals surface area contributed by atoms with Gasteiger partial charge in [0.05, 0.1) is 5.92 Å². The lowest BCUT2D eigenvalue weighted by Crippen LogP contribution is -2.50. The van der Waals surface area contributed by atoms with Crippen LogP contribution in [0.1, 0.15) is 39.0 Å². The number of piperazine rings is 1. The van der Waals surface area contributed by atoms with Crippen molar-refractivity contribution >= 4 is 11.7 Å². The molecule has 0 aromatic heterocycles. The number of rotatable bonds is 3. The Balaban J connectivity index is 1.23. The zero-order valence-electron chi connectivity index (χ0n) is 17.7. The third kappa shape index (κ3) is 3.50. The predicted molar refractivity (Wildman–Crippen MR) is 116 cm³/mol. The summed E-state index contributed by atoms with van der Waals surface area (Å²) in [5.74, 6) is 1.05. The fourth-order valence-electron chi connectivity index (χ4n) is 6.57. The number of benzene rings is 1. The standard InChI is InChI=1S/C25H34N2O2/c1-18-7-6-10-25(2)16-23-20(15-22(18)25)21(24(28)29-23)17-26-11-13-27(14-12-26)19-8-4-3-5-9-19/h3-5,8-9,20-23H,1,6-7,10-17H2,2H3/t20-,21+,22+,23+,25+/m0/s1. The molecule has 2 saturated carbocycles. The van der Waals surface area contributed by atoms with Crippen molar-refractivity contribution in [3.05, 3.63) is 42.5 Å². The van der Waals surface area contributed by atoms with Crippen LogP contribution >= 0.6 is 0 Å². The Bertz CT molecular complexity index is 770. The molecule has 2 heterocycles. The lowest BCUT2D eigenvalue weighted by atomic mass is 9.55. The number of nitrogens with zero attached hydrogens (tertiary/aromatic N) is 2. The van der Waals surface area contributed by atoms with E-state index in [1.54, 1.807) is 0 Å². The van der Waals surface area contributed by atoms with Crippen molar-refractivity contribution < 1.29 is 9.53 Å². The van der Waals surface area contributed by atoms with Gasteiger partial charge in [-0.25, -0.2) is 0 Å². The lowest BCUT2D eigenvalue weighted by Gasteiger charge is -2.50. The Labute approximate surface area is 174 Å². The molecule has 2 saturated heterocycles. The van der Waals surface area contributed by atoms with Crippen molar-refractivity contribution in [2.24, 2.45) is 23.2 Å². The van der Waals surface area contributed by atoms with Gasteiger partial charge in [-0.3, -0.25) is 9.69 Å². The SMILES string of the molecule is C=C1CCC[C@]2(C)C[C@H]3OC(=O)[C@H](CN4CCN(c5ccccc5)CC4)[C@@H]3C[C@H]12. The summed E-state index contributed by atoms with van der Waals surface area (Å²) in [5.41, 5.74) is 3.01. The van der Waals surface area contributed by atoms with Gasteiger partial charge in [-0.2, -0.15) is 0 Å². The van der Waals surface area contributed by atoms with Gasteiger partial charge in [0.1, 0.15) is 6.10 Å². The van der Waals surface area contributed by atoms with Crippen LogP contribution in [0.15, 0.2) is 42.5 Å². The molecule has 0 spiro atoms. The van der Waals surface area contributed by atoms with Crippen LogP contribution in [-0.2, 0) is 9.53 Å². The molecule has 1 aromatic rings. The molecule has 29 heavy (non-hydrogen) atoms. The van der Waals surface area contributed by atoms with E-state index in [4.69, 9.17) is 4.74 Å². The van der Waals surface area contributed by atoms with Crippen LogP contribution in [0, 0.1) is 23.2 Å². The largest absolute Gasteiger partial charge is 0.462 e. The van der Waals surface area contributed by atoms with Crippen LogP contribution in [0.25, 0.3) is 0 Å². The van der Waals surface area contributed by atoms with Gasteiger partial charge in [0.25, 0.3) is 0 Å². The van der Waals surface area contributed by atoms with E-state index in [0.717, 1.165) is 45.6 Å². The highest BCUT2D eigenvalue weighted by molar-refractivity contribution is 5.75. The molecule has 1 aromatic carbocycles. The third-order valence-corrected chi connectivity index (χ3v) is 8.27. The molecule has 2 aliphatic carbocycles. The molecule has 0 unspecified atom stereocenters. The number of allylic oxidation sites excluding steroid dienone is 1. The molecule has 4 fully saturated rings. The Morgan fingerprint density at radius 2 is 1.93 bits per heavy atom. The van der Waals surface area contributed by atoms with Crippen LogP contribution in [0.2, 0.25) is 0 Å². The van der Waals surface area contributed by atoms with E-state index in [0.29, 0.717) is 11.8 Å². The number of esters is 1. The van der Waals surface area contributed by atoms with E-state index in [-0.39, 0.29) is 23.4 Å². The van der Waals surface area contributed by atoms with Gasteiger partial charge in [0.15, 0.2) is 0 Å². The number of hydrogen-bond acceptors (Lipinski definition) is 4. The van der Waals surface area contributed by atoms with E-state index in [9.17, 15) is 4.79 Å². The van der Waals surface area contributed by atoms with Crippen LogP contribution in [0.3, 0.4) is 0 Å². The third-order valence-electron chi connectivity index (χ3n) is 8.27. The molecule has 0 amide bonds. The van der Waals surface area contributed by atoms with Crippen LogP contribution in [0.4, 0.5) is 5.69 Å². The maximum Gasteiger partial charge on any atom is 0.310 e. The summed E-state index contributed by atoms with van der Waals surface area (Å²) in [7, 11) is 0. The molecule has 0 bridgehead atoms. The Morgan fingerprint density at radius 1 is 1.17 bits per heavy atom. The monoisotopic (exact) mass is 394 g/mol. The first-order valence-electron chi connectivity index (χ1n) is 11.4. The van der Waals surface area contributed by atoms with Crippen molar-refractivity contribution in [3.63, 3.8) is 0 Å².